The summed E-state index contributed by atoms with van der Waals surface area (Å²) in [6.07, 6.45) is 1.39. The van der Waals surface area contributed by atoms with E-state index >= 15 is 0 Å². The molecule has 0 bridgehead atoms. The molecule has 0 aromatic heterocycles. The number of carbonyl (C=O) groups excluding carboxylic acids is 1. The molecular formula is C16H24O4. The lowest BCUT2D eigenvalue weighted by atomic mass is 9.97. The Hall–Kier alpha value is -1.55. The van der Waals surface area contributed by atoms with Gasteiger partial charge in [0.2, 0.25) is 0 Å². The largest absolute Gasteiger partial charge is 0.509 e. The molecule has 1 aromatic carbocycles. The van der Waals surface area contributed by atoms with Gasteiger partial charge in [0.15, 0.2) is 5.60 Å². The van der Waals surface area contributed by atoms with Gasteiger partial charge in [0.05, 0.1) is 13.2 Å². The summed E-state index contributed by atoms with van der Waals surface area (Å²) in [5, 5.41) is 0. The molecule has 0 fully saturated rings. The van der Waals surface area contributed by atoms with Crippen LogP contribution in [0.5, 0.6) is 0 Å². The van der Waals surface area contributed by atoms with E-state index in [1.165, 1.54) is 0 Å². The molecule has 0 aliphatic rings. The fraction of sp³-hybridized carbons (Fsp3) is 0.562. The Morgan fingerprint density at radius 1 is 1.20 bits per heavy atom. The molecule has 0 aliphatic heterocycles. The maximum atomic E-state index is 11.6. The topological polar surface area (TPSA) is 44.8 Å². The summed E-state index contributed by atoms with van der Waals surface area (Å²) < 4.78 is 16.0. The van der Waals surface area contributed by atoms with Gasteiger partial charge in [-0.3, -0.25) is 0 Å². The smallest absolute Gasteiger partial charge is 0.435 e. The number of unbranched alkanes of at least 4 members (excludes halogenated alkanes) is 1. The molecule has 1 rings (SSSR count). The minimum Gasteiger partial charge on any atom is -0.435 e. The van der Waals surface area contributed by atoms with Crippen molar-refractivity contribution in [2.24, 2.45) is 0 Å². The van der Waals surface area contributed by atoms with Crippen LogP contribution in [-0.2, 0) is 19.8 Å². The minimum absolute atomic E-state index is 0.292. The Morgan fingerprint density at radius 3 is 2.50 bits per heavy atom. The predicted molar refractivity (Wildman–Crippen MR) is 77.6 cm³/mol. The molecule has 112 valence electrons. The number of hydrogen-bond donors (Lipinski definition) is 0. The lowest BCUT2D eigenvalue weighted by molar-refractivity contribution is -0.0748. The van der Waals surface area contributed by atoms with Crippen LogP contribution in [0.15, 0.2) is 30.3 Å². The van der Waals surface area contributed by atoms with E-state index in [1.54, 1.807) is 6.92 Å². The highest BCUT2D eigenvalue weighted by Crippen LogP contribution is 2.26. The van der Waals surface area contributed by atoms with Crippen LogP contribution in [0, 0.1) is 0 Å². The quantitative estimate of drug-likeness (QED) is 0.535. The van der Waals surface area contributed by atoms with E-state index in [2.05, 4.69) is 6.92 Å². The Bertz CT molecular complexity index is 391. The molecule has 0 radical (unpaired) electrons. The van der Waals surface area contributed by atoms with E-state index in [1.807, 2.05) is 37.3 Å². The van der Waals surface area contributed by atoms with Crippen LogP contribution in [0.2, 0.25) is 0 Å². The van der Waals surface area contributed by atoms with E-state index in [4.69, 9.17) is 14.2 Å². The lowest BCUT2D eigenvalue weighted by Gasteiger charge is -2.29. The zero-order valence-electron chi connectivity index (χ0n) is 12.6. The van der Waals surface area contributed by atoms with E-state index in [9.17, 15) is 4.79 Å². The Kier molecular flexibility index (Phi) is 7.09. The second-order valence-corrected chi connectivity index (χ2v) is 4.79. The van der Waals surface area contributed by atoms with Crippen LogP contribution in [0.1, 0.15) is 39.2 Å². The number of carbonyl (C=O) groups is 1. The number of rotatable bonds is 8. The van der Waals surface area contributed by atoms with Gasteiger partial charge in [-0.15, -0.1) is 0 Å². The molecule has 0 heterocycles. The van der Waals surface area contributed by atoms with E-state index in [-0.39, 0.29) is 0 Å². The Balaban J connectivity index is 2.74. The summed E-state index contributed by atoms with van der Waals surface area (Å²) >= 11 is 0. The molecule has 4 nitrogen and oxygen atoms in total. The van der Waals surface area contributed by atoms with Gasteiger partial charge in [-0.25, -0.2) is 4.79 Å². The maximum absolute atomic E-state index is 11.6. The predicted octanol–water partition coefficient (Wildman–Crippen LogP) is 3.89. The van der Waals surface area contributed by atoms with E-state index < -0.39 is 11.8 Å². The van der Waals surface area contributed by atoms with Crippen molar-refractivity contribution in [3.05, 3.63) is 35.9 Å². The van der Waals surface area contributed by atoms with Crippen LogP contribution in [0.3, 0.4) is 0 Å². The SMILES string of the molecule is CCCCOCC(C)(OC(=O)OCC)c1ccccc1. The summed E-state index contributed by atoms with van der Waals surface area (Å²) in [5.41, 5.74) is 0.0610. The highest BCUT2D eigenvalue weighted by atomic mass is 16.7. The summed E-state index contributed by atoms with van der Waals surface area (Å²) in [6, 6.07) is 9.58. The maximum Gasteiger partial charge on any atom is 0.509 e. The molecule has 1 unspecified atom stereocenters. The van der Waals surface area contributed by atoms with Gasteiger partial charge < -0.3 is 14.2 Å². The zero-order valence-corrected chi connectivity index (χ0v) is 12.6. The third kappa shape index (κ3) is 5.21. The highest BCUT2D eigenvalue weighted by molar-refractivity contribution is 5.61. The monoisotopic (exact) mass is 280 g/mol. The van der Waals surface area contributed by atoms with E-state index in [0.717, 1.165) is 18.4 Å². The van der Waals surface area contributed by atoms with Crippen LogP contribution in [0.25, 0.3) is 0 Å². The molecule has 0 saturated carbocycles. The Morgan fingerprint density at radius 2 is 1.90 bits per heavy atom. The van der Waals surface area contributed by atoms with Crippen molar-refractivity contribution in [3.63, 3.8) is 0 Å². The molecule has 0 N–H and O–H groups in total. The fourth-order valence-electron chi connectivity index (χ4n) is 1.81. The van der Waals surface area contributed by atoms with Crippen LogP contribution >= 0.6 is 0 Å². The normalized spacial score (nSPS) is 13.6. The third-order valence-electron chi connectivity index (χ3n) is 2.97. The molecule has 0 aliphatic carbocycles. The zero-order chi connectivity index (χ0) is 14.8. The summed E-state index contributed by atoms with van der Waals surface area (Å²) in [6.45, 7) is 6.96. The van der Waals surface area contributed by atoms with Crippen molar-refractivity contribution in [3.8, 4) is 0 Å². The minimum atomic E-state index is -0.832. The first-order chi connectivity index (χ1) is 9.62. The molecule has 1 aromatic rings. The van der Waals surface area contributed by atoms with Crippen LogP contribution in [0.4, 0.5) is 4.79 Å². The number of benzene rings is 1. The van der Waals surface area contributed by atoms with Crippen molar-refractivity contribution < 1.29 is 19.0 Å². The first-order valence-corrected chi connectivity index (χ1v) is 7.11. The molecule has 0 amide bonds. The second kappa shape index (κ2) is 8.59. The van der Waals surface area contributed by atoms with Gasteiger partial charge >= 0.3 is 6.16 Å². The summed E-state index contributed by atoms with van der Waals surface area (Å²) in [4.78, 5) is 11.6. The Labute approximate surface area is 121 Å². The van der Waals surface area contributed by atoms with Crippen molar-refractivity contribution in [2.75, 3.05) is 19.8 Å². The van der Waals surface area contributed by atoms with Crippen molar-refractivity contribution in [1.29, 1.82) is 0 Å². The molecule has 0 saturated heterocycles. The average molecular weight is 280 g/mol. The lowest BCUT2D eigenvalue weighted by Crippen LogP contribution is -2.34. The summed E-state index contributed by atoms with van der Waals surface area (Å²) in [5.74, 6) is 0. The average Bonchev–Trinajstić information content (AvgIpc) is 2.45. The third-order valence-corrected chi connectivity index (χ3v) is 2.97. The molecule has 0 spiro atoms. The van der Waals surface area contributed by atoms with Crippen molar-refractivity contribution >= 4 is 6.16 Å². The molecule has 1 atom stereocenters. The first kappa shape index (κ1) is 16.5. The van der Waals surface area contributed by atoms with Gasteiger partial charge in [-0.1, -0.05) is 43.7 Å². The van der Waals surface area contributed by atoms with Gasteiger partial charge in [-0.2, -0.15) is 0 Å². The van der Waals surface area contributed by atoms with Gasteiger partial charge in [0.25, 0.3) is 0 Å². The highest BCUT2D eigenvalue weighted by Gasteiger charge is 2.32. The van der Waals surface area contributed by atoms with Gasteiger partial charge in [-0.05, 0) is 25.8 Å². The van der Waals surface area contributed by atoms with Crippen LogP contribution in [-0.4, -0.2) is 26.0 Å². The van der Waals surface area contributed by atoms with Crippen molar-refractivity contribution in [1.82, 2.24) is 0 Å². The van der Waals surface area contributed by atoms with Gasteiger partial charge in [0, 0.05) is 6.61 Å². The standard InChI is InChI=1S/C16H24O4/c1-4-6-12-18-13-16(3,20-15(17)19-5-2)14-10-8-7-9-11-14/h7-11H,4-6,12-13H2,1-3H3. The molecular weight excluding hydrogens is 256 g/mol. The number of ether oxygens (including phenoxy) is 3. The summed E-state index contributed by atoms with van der Waals surface area (Å²) in [7, 11) is 0. The van der Waals surface area contributed by atoms with Crippen molar-refractivity contribution in [2.45, 2.75) is 39.2 Å². The van der Waals surface area contributed by atoms with Gasteiger partial charge in [0.1, 0.15) is 0 Å². The van der Waals surface area contributed by atoms with Crippen LogP contribution < -0.4 is 0 Å². The molecule has 4 heteroatoms. The molecule has 20 heavy (non-hydrogen) atoms. The van der Waals surface area contributed by atoms with E-state index in [0.29, 0.717) is 19.8 Å². The first-order valence-electron chi connectivity index (χ1n) is 7.11. The second-order valence-electron chi connectivity index (χ2n) is 4.79. The fourth-order valence-corrected chi connectivity index (χ4v) is 1.81. The number of hydrogen-bond acceptors (Lipinski definition) is 4.